The maximum absolute atomic E-state index is 6.10. The molecule has 0 rings (SSSR count). The zero-order valence-corrected chi connectivity index (χ0v) is 17.7. The van der Waals surface area contributed by atoms with Crippen molar-refractivity contribution in [3.8, 4) is 0 Å². The van der Waals surface area contributed by atoms with Crippen LogP contribution in [0.1, 0.15) is 46.5 Å². The molecule has 0 saturated heterocycles. The highest BCUT2D eigenvalue weighted by Crippen LogP contribution is 2.41. The lowest BCUT2D eigenvalue weighted by molar-refractivity contribution is 0.239. The summed E-state index contributed by atoms with van der Waals surface area (Å²) in [6.45, 7) is 9.58. The standard InChI is InChI=1S/C18H42N2OSi/c1-9-22(10-2,21-8)17-18(3,13-11-15-19(4)5)14-12-16-20(6)7/h9-17H2,1-8H3. The normalized spacial score (nSPS) is 13.4. The molecule has 134 valence electrons. The van der Waals surface area contributed by atoms with Crippen LogP contribution < -0.4 is 0 Å². The van der Waals surface area contributed by atoms with E-state index in [2.05, 4.69) is 58.8 Å². The number of hydrogen-bond acceptors (Lipinski definition) is 3. The molecule has 22 heavy (non-hydrogen) atoms. The van der Waals surface area contributed by atoms with Crippen molar-refractivity contribution >= 4 is 8.32 Å². The van der Waals surface area contributed by atoms with Crippen molar-refractivity contribution in [1.29, 1.82) is 0 Å². The molecular weight excluding hydrogens is 288 g/mol. The highest BCUT2D eigenvalue weighted by Gasteiger charge is 2.38. The Kier molecular flexibility index (Phi) is 10.8. The largest absolute Gasteiger partial charge is 0.420 e. The lowest BCUT2D eigenvalue weighted by Gasteiger charge is -2.39. The van der Waals surface area contributed by atoms with Gasteiger partial charge < -0.3 is 14.2 Å². The molecule has 0 heterocycles. The molecule has 0 aromatic carbocycles. The van der Waals surface area contributed by atoms with Crippen LogP contribution in [0.3, 0.4) is 0 Å². The molecule has 4 heteroatoms. The van der Waals surface area contributed by atoms with E-state index in [1.165, 1.54) is 56.9 Å². The van der Waals surface area contributed by atoms with E-state index in [-0.39, 0.29) is 0 Å². The minimum absolute atomic E-state index is 0.445. The predicted octanol–water partition coefficient (Wildman–Crippen LogP) is 4.31. The van der Waals surface area contributed by atoms with Crippen molar-refractivity contribution in [2.45, 2.75) is 64.6 Å². The van der Waals surface area contributed by atoms with Gasteiger partial charge in [0, 0.05) is 7.11 Å². The Morgan fingerprint density at radius 1 is 0.864 bits per heavy atom. The van der Waals surface area contributed by atoms with Crippen LogP contribution in [0.5, 0.6) is 0 Å². The Morgan fingerprint density at radius 2 is 1.27 bits per heavy atom. The van der Waals surface area contributed by atoms with Gasteiger partial charge in [-0.1, -0.05) is 20.8 Å². The Hall–Kier alpha value is 0.0969. The van der Waals surface area contributed by atoms with Crippen LogP contribution in [0, 0.1) is 5.41 Å². The second kappa shape index (κ2) is 10.8. The van der Waals surface area contributed by atoms with Crippen molar-refractivity contribution in [3.63, 3.8) is 0 Å². The fourth-order valence-electron chi connectivity index (χ4n) is 3.58. The maximum Gasteiger partial charge on any atom is 0.192 e. The molecule has 0 aromatic rings. The smallest absolute Gasteiger partial charge is 0.192 e. The third-order valence-electron chi connectivity index (χ3n) is 5.24. The second-order valence-corrected chi connectivity index (χ2v) is 12.4. The molecule has 0 atom stereocenters. The van der Waals surface area contributed by atoms with Crippen molar-refractivity contribution in [3.05, 3.63) is 0 Å². The Labute approximate surface area is 141 Å². The summed E-state index contributed by atoms with van der Waals surface area (Å²) in [5.74, 6) is 0. The first-order valence-electron chi connectivity index (χ1n) is 9.07. The lowest BCUT2D eigenvalue weighted by Crippen LogP contribution is -2.41. The van der Waals surface area contributed by atoms with E-state index in [4.69, 9.17) is 4.43 Å². The highest BCUT2D eigenvalue weighted by atomic mass is 28.4. The SMILES string of the molecule is CC[Si](CC)(CC(C)(CCCN(C)C)CCCN(C)C)OC. The van der Waals surface area contributed by atoms with Crippen molar-refractivity contribution < 1.29 is 4.43 Å². The van der Waals surface area contributed by atoms with Crippen LogP contribution in [0.4, 0.5) is 0 Å². The third-order valence-corrected chi connectivity index (χ3v) is 10.2. The second-order valence-electron chi connectivity index (χ2n) is 7.90. The third kappa shape index (κ3) is 8.66. The summed E-state index contributed by atoms with van der Waals surface area (Å²) in [6, 6.07) is 3.82. The topological polar surface area (TPSA) is 15.7 Å². The molecule has 0 bridgehead atoms. The molecule has 0 unspecified atom stereocenters. The van der Waals surface area contributed by atoms with Crippen LogP contribution in [0.25, 0.3) is 0 Å². The van der Waals surface area contributed by atoms with Gasteiger partial charge >= 0.3 is 0 Å². The average Bonchev–Trinajstić information content (AvgIpc) is 2.44. The summed E-state index contributed by atoms with van der Waals surface area (Å²) in [5, 5.41) is 0. The van der Waals surface area contributed by atoms with E-state index in [1.807, 2.05) is 7.11 Å². The molecule has 0 saturated carbocycles. The maximum atomic E-state index is 6.10. The number of nitrogens with zero attached hydrogens (tertiary/aromatic N) is 2. The molecule has 0 spiro atoms. The van der Waals surface area contributed by atoms with Gasteiger partial charge in [-0.15, -0.1) is 0 Å². The first-order chi connectivity index (χ1) is 10.2. The molecule has 0 fully saturated rings. The quantitative estimate of drug-likeness (QED) is 0.468. The summed E-state index contributed by atoms with van der Waals surface area (Å²) >= 11 is 0. The van der Waals surface area contributed by atoms with Gasteiger partial charge in [0.05, 0.1) is 0 Å². The van der Waals surface area contributed by atoms with Gasteiger partial charge in [0.15, 0.2) is 8.32 Å². The first kappa shape index (κ1) is 22.1. The predicted molar refractivity (Wildman–Crippen MR) is 102 cm³/mol. The molecule has 0 aliphatic heterocycles. The van der Waals surface area contributed by atoms with E-state index in [0.717, 1.165) is 0 Å². The van der Waals surface area contributed by atoms with E-state index < -0.39 is 8.32 Å². The van der Waals surface area contributed by atoms with Crippen LogP contribution in [0.2, 0.25) is 18.1 Å². The molecule has 3 nitrogen and oxygen atoms in total. The van der Waals surface area contributed by atoms with Crippen LogP contribution in [-0.4, -0.2) is 66.5 Å². The summed E-state index contributed by atoms with van der Waals surface area (Å²) in [6.07, 6.45) is 5.26. The summed E-state index contributed by atoms with van der Waals surface area (Å²) < 4.78 is 6.10. The minimum atomic E-state index is -1.53. The van der Waals surface area contributed by atoms with Crippen LogP contribution >= 0.6 is 0 Å². The molecule has 0 N–H and O–H groups in total. The van der Waals surface area contributed by atoms with Gasteiger partial charge in [0.1, 0.15) is 0 Å². The summed E-state index contributed by atoms with van der Waals surface area (Å²) in [5.41, 5.74) is 0.445. The molecule has 0 amide bonds. The summed E-state index contributed by atoms with van der Waals surface area (Å²) in [4.78, 5) is 4.61. The number of hydrogen-bond donors (Lipinski definition) is 0. The highest BCUT2D eigenvalue weighted by molar-refractivity contribution is 6.73. The Morgan fingerprint density at radius 3 is 1.55 bits per heavy atom. The number of rotatable bonds is 13. The van der Waals surface area contributed by atoms with Gasteiger partial charge in [-0.2, -0.15) is 0 Å². The van der Waals surface area contributed by atoms with Gasteiger partial charge in [0.2, 0.25) is 0 Å². The molecular formula is C18H42N2OSi. The summed E-state index contributed by atoms with van der Waals surface area (Å²) in [7, 11) is 9.13. The van der Waals surface area contributed by atoms with Gasteiger partial charge in [-0.25, -0.2) is 0 Å². The fraction of sp³-hybridized carbons (Fsp3) is 1.00. The fourth-order valence-corrected chi connectivity index (χ4v) is 7.22. The monoisotopic (exact) mass is 330 g/mol. The van der Waals surface area contributed by atoms with E-state index >= 15 is 0 Å². The van der Waals surface area contributed by atoms with Crippen LogP contribution in [-0.2, 0) is 4.43 Å². The van der Waals surface area contributed by atoms with Crippen molar-refractivity contribution in [1.82, 2.24) is 9.80 Å². The zero-order valence-electron chi connectivity index (χ0n) is 16.7. The van der Waals surface area contributed by atoms with E-state index in [1.54, 1.807) is 0 Å². The molecule has 0 aromatic heterocycles. The Balaban J connectivity index is 4.80. The van der Waals surface area contributed by atoms with E-state index in [0.29, 0.717) is 5.41 Å². The van der Waals surface area contributed by atoms with E-state index in [9.17, 15) is 0 Å². The average molecular weight is 331 g/mol. The van der Waals surface area contributed by atoms with Crippen molar-refractivity contribution in [2.24, 2.45) is 5.41 Å². The van der Waals surface area contributed by atoms with Crippen molar-refractivity contribution in [2.75, 3.05) is 48.4 Å². The molecule has 0 aliphatic carbocycles. The van der Waals surface area contributed by atoms with Gasteiger partial charge in [-0.3, -0.25) is 0 Å². The Bertz CT molecular complexity index is 256. The minimum Gasteiger partial charge on any atom is -0.420 e. The van der Waals surface area contributed by atoms with Gasteiger partial charge in [0.25, 0.3) is 0 Å². The van der Waals surface area contributed by atoms with Gasteiger partial charge in [-0.05, 0) is 90.5 Å². The molecule has 0 aliphatic rings. The van der Waals surface area contributed by atoms with Crippen LogP contribution in [0.15, 0.2) is 0 Å². The zero-order chi connectivity index (χ0) is 17.2. The lowest BCUT2D eigenvalue weighted by atomic mass is 9.82. The first-order valence-corrected chi connectivity index (χ1v) is 11.6. The molecule has 0 radical (unpaired) electrons.